The summed E-state index contributed by atoms with van der Waals surface area (Å²) in [5, 5.41) is 2.74. The predicted octanol–water partition coefficient (Wildman–Crippen LogP) is 2.49. The molecule has 0 heterocycles. The number of methoxy groups -OCH3 is 1. The first-order valence-electron chi connectivity index (χ1n) is 8.38. The maximum atomic E-state index is 12.6. The van der Waals surface area contributed by atoms with Crippen molar-refractivity contribution in [3.8, 4) is 0 Å². The fourth-order valence-electron chi connectivity index (χ4n) is 2.44. The van der Waals surface area contributed by atoms with Gasteiger partial charge < -0.3 is 10.1 Å². The summed E-state index contributed by atoms with van der Waals surface area (Å²) in [6, 6.07) is 14.9. The fraction of sp³-hybridized carbons (Fsp3) is 0.316. The number of carbonyl (C=O) groups excluding carboxylic acids is 1. The molecule has 140 valence electrons. The molecule has 0 aliphatic carbocycles. The summed E-state index contributed by atoms with van der Waals surface area (Å²) in [6.07, 6.45) is 0.691. The molecule has 0 fully saturated rings. The van der Waals surface area contributed by atoms with Crippen LogP contribution in [0.4, 0.5) is 0 Å². The molecule has 0 aliphatic heterocycles. The van der Waals surface area contributed by atoms with Gasteiger partial charge in [0.2, 0.25) is 10.0 Å². The van der Waals surface area contributed by atoms with E-state index in [2.05, 4.69) is 10.0 Å². The number of hydrogen-bond donors (Lipinski definition) is 2. The first-order chi connectivity index (χ1) is 12.4. The van der Waals surface area contributed by atoms with E-state index in [0.717, 1.165) is 5.56 Å². The van der Waals surface area contributed by atoms with Gasteiger partial charge in [-0.1, -0.05) is 36.4 Å². The lowest BCUT2D eigenvalue weighted by Gasteiger charge is -2.15. The molecule has 2 N–H and O–H groups in total. The highest BCUT2D eigenvalue weighted by Crippen LogP contribution is 2.17. The van der Waals surface area contributed by atoms with Crippen molar-refractivity contribution < 1.29 is 17.9 Å². The third-order valence-corrected chi connectivity index (χ3v) is 5.39. The molecule has 7 heteroatoms. The molecular formula is C19H24N2O4S. The zero-order chi connectivity index (χ0) is 19.0. The molecule has 1 unspecified atom stereocenters. The van der Waals surface area contributed by atoms with Crippen molar-refractivity contribution in [3.63, 3.8) is 0 Å². The van der Waals surface area contributed by atoms with E-state index in [0.29, 0.717) is 25.1 Å². The minimum Gasteiger partial charge on any atom is -0.385 e. The zero-order valence-corrected chi connectivity index (χ0v) is 15.8. The predicted molar refractivity (Wildman–Crippen MR) is 100 cm³/mol. The van der Waals surface area contributed by atoms with Crippen LogP contribution in [0.1, 0.15) is 35.3 Å². The van der Waals surface area contributed by atoms with E-state index in [1.54, 1.807) is 26.2 Å². The van der Waals surface area contributed by atoms with Crippen LogP contribution >= 0.6 is 0 Å². The molecule has 2 rings (SSSR count). The highest BCUT2D eigenvalue weighted by atomic mass is 32.2. The van der Waals surface area contributed by atoms with Gasteiger partial charge >= 0.3 is 0 Å². The number of carbonyl (C=O) groups is 1. The van der Waals surface area contributed by atoms with Crippen molar-refractivity contribution in [2.75, 3.05) is 20.3 Å². The van der Waals surface area contributed by atoms with Gasteiger partial charge in [-0.2, -0.15) is 0 Å². The summed E-state index contributed by atoms with van der Waals surface area (Å²) >= 11 is 0. The summed E-state index contributed by atoms with van der Waals surface area (Å²) in [5.74, 6) is -0.311. The van der Waals surface area contributed by atoms with Gasteiger partial charge in [-0.15, -0.1) is 0 Å². The highest BCUT2D eigenvalue weighted by Gasteiger charge is 2.19. The van der Waals surface area contributed by atoms with Crippen molar-refractivity contribution >= 4 is 15.9 Å². The topological polar surface area (TPSA) is 84.5 Å². The van der Waals surface area contributed by atoms with Gasteiger partial charge in [0, 0.05) is 31.9 Å². The molecule has 0 aromatic heterocycles. The number of amides is 1. The lowest BCUT2D eigenvalue weighted by atomic mass is 10.1. The number of rotatable bonds is 9. The minimum atomic E-state index is -3.74. The SMILES string of the molecule is COCCCNC(=O)c1cccc(S(=O)(=O)NC(C)c2ccccc2)c1. The van der Waals surface area contributed by atoms with Crippen LogP contribution in [0.3, 0.4) is 0 Å². The number of sulfonamides is 1. The molecule has 0 aliphatic rings. The summed E-state index contributed by atoms with van der Waals surface area (Å²) in [5.41, 5.74) is 1.17. The van der Waals surface area contributed by atoms with Crippen molar-refractivity contribution in [1.29, 1.82) is 0 Å². The minimum absolute atomic E-state index is 0.0600. The molecule has 0 spiro atoms. The molecule has 0 radical (unpaired) electrons. The third kappa shape index (κ3) is 5.66. The van der Waals surface area contributed by atoms with Crippen LogP contribution < -0.4 is 10.0 Å². The smallest absolute Gasteiger partial charge is 0.251 e. The quantitative estimate of drug-likeness (QED) is 0.659. The first-order valence-corrected chi connectivity index (χ1v) is 9.87. The van der Waals surface area contributed by atoms with Gasteiger partial charge in [0.05, 0.1) is 4.90 Å². The Balaban J connectivity index is 2.08. The van der Waals surface area contributed by atoms with E-state index in [9.17, 15) is 13.2 Å². The van der Waals surface area contributed by atoms with E-state index in [1.165, 1.54) is 12.1 Å². The van der Waals surface area contributed by atoms with Crippen molar-refractivity contribution in [1.82, 2.24) is 10.0 Å². The average Bonchev–Trinajstić information content (AvgIpc) is 2.65. The highest BCUT2D eigenvalue weighted by molar-refractivity contribution is 7.89. The number of ether oxygens (including phenoxy) is 1. The van der Waals surface area contributed by atoms with Crippen molar-refractivity contribution in [2.24, 2.45) is 0 Å². The summed E-state index contributed by atoms with van der Waals surface area (Å²) in [4.78, 5) is 12.2. The second-order valence-electron chi connectivity index (χ2n) is 5.88. The summed E-state index contributed by atoms with van der Waals surface area (Å²) < 4.78 is 32.8. The molecule has 0 saturated carbocycles. The Morgan fingerprint density at radius 1 is 1.12 bits per heavy atom. The van der Waals surface area contributed by atoms with Gasteiger partial charge in [-0.3, -0.25) is 4.79 Å². The van der Waals surface area contributed by atoms with Crippen LogP contribution in [0.5, 0.6) is 0 Å². The van der Waals surface area contributed by atoms with E-state index in [4.69, 9.17) is 4.74 Å². The van der Waals surface area contributed by atoms with Crippen LogP contribution in [-0.2, 0) is 14.8 Å². The van der Waals surface area contributed by atoms with Gasteiger partial charge in [0.15, 0.2) is 0 Å². The fourth-order valence-corrected chi connectivity index (χ4v) is 3.71. The number of hydrogen-bond acceptors (Lipinski definition) is 4. The second kappa shape index (κ2) is 9.47. The van der Waals surface area contributed by atoms with E-state index in [1.807, 2.05) is 30.3 Å². The largest absolute Gasteiger partial charge is 0.385 e. The molecular weight excluding hydrogens is 352 g/mol. The first kappa shape index (κ1) is 20.1. The Morgan fingerprint density at radius 2 is 1.85 bits per heavy atom. The van der Waals surface area contributed by atoms with Crippen molar-refractivity contribution in [2.45, 2.75) is 24.3 Å². The van der Waals surface area contributed by atoms with Gasteiger partial charge in [0.1, 0.15) is 0 Å². The number of benzene rings is 2. The lowest BCUT2D eigenvalue weighted by Crippen LogP contribution is -2.28. The maximum Gasteiger partial charge on any atom is 0.251 e. The van der Waals surface area contributed by atoms with Gasteiger partial charge in [-0.05, 0) is 37.1 Å². The Morgan fingerprint density at radius 3 is 2.54 bits per heavy atom. The Bertz CT molecular complexity index is 822. The normalized spacial score (nSPS) is 12.5. The van der Waals surface area contributed by atoms with Crippen LogP contribution in [-0.4, -0.2) is 34.6 Å². The van der Waals surface area contributed by atoms with E-state index >= 15 is 0 Å². The van der Waals surface area contributed by atoms with Crippen LogP contribution in [0.2, 0.25) is 0 Å². The molecule has 2 aromatic rings. The standard InChI is InChI=1S/C19H24N2O4S/c1-15(16-8-4-3-5-9-16)21-26(23,24)18-11-6-10-17(14-18)19(22)20-12-7-13-25-2/h3-6,8-11,14-15,21H,7,12-13H2,1-2H3,(H,20,22). The maximum absolute atomic E-state index is 12.6. The Kier molecular flexibility index (Phi) is 7.32. The van der Waals surface area contributed by atoms with E-state index in [-0.39, 0.29) is 16.8 Å². The van der Waals surface area contributed by atoms with E-state index < -0.39 is 10.0 Å². The van der Waals surface area contributed by atoms with Crippen LogP contribution in [0, 0.1) is 0 Å². The Labute approximate surface area is 154 Å². The molecule has 1 amide bonds. The molecule has 0 saturated heterocycles. The van der Waals surface area contributed by atoms with Crippen molar-refractivity contribution in [3.05, 3.63) is 65.7 Å². The molecule has 2 aromatic carbocycles. The molecule has 6 nitrogen and oxygen atoms in total. The lowest BCUT2D eigenvalue weighted by molar-refractivity contribution is 0.0948. The average molecular weight is 376 g/mol. The van der Waals surface area contributed by atoms with Crippen LogP contribution in [0.25, 0.3) is 0 Å². The number of nitrogens with one attached hydrogen (secondary N) is 2. The second-order valence-corrected chi connectivity index (χ2v) is 7.60. The Hall–Kier alpha value is -2.22. The third-order valence-electron chi connectivity index (χ3n) is 3.85. The molecule has 26 heavy (non-hydrogen) atoms. The summed E-state index contributed by atoms with van der Waals surface area (Å²) in [7, 11) is -2.15. The van der Waals surface area contributed by atoms with Crippen LogP contribution in [0.15, 0.2) is 59.5 Å². The molecule has 0 bridgehead atoms. The monoisotopic (exact) mass is 376 g/mol. The summed E-state index contributed by atoms with van der Waals surface area (Å²) in [6.45, 7) is 2.79. The molecule has 1 atom stereocenters. The zero-order valence-electron chi connectivity index (χ0n) is 14.9. The van der Waals surface area contributed by atoms with Gasteiger partial charge in [-0.25, -0.2) is 13.1 Å². The van der Waals surface area contributed by atoms with Gasteiger partial charge in [0.25, 0.3) is 5.91 Å².